The molecule has 2 aromatic carbocycles. The summed E-state index contributed by atoms with van der Waals surface area (Å²) in [5, 5.41) is 8.30. The number of benzene rings is 2. The number of aromatic nitrogens is 2. The Hall–Kier alpha value is -2.93. The average Bonchev–Trinajstić information content (AvgIpc) is 3.08. The summed E-state index contributed by atoms with van der Waals surface area (Å²) in [5.41, 5.74) is 3.97. The second-order valence-corrected chi connectivity index (χ2v) is 8.33. The Morgan fingerprint density at radius 3 is 2.59 bits per heavy atom. The number of rotatable bonds is 4. The number of anilines is 3. The summed E-state index contributed by atoms with van der Waals surface area (Å²) in [6, 6.07) is 17.0. The van der Waals surface area contributed by atoms with Crippen LogP contribution in [0.3, 0.4) is 0 Å². The summed E-state index contributed by atoms with van der Waals surface area (Å²) >= 11 is 0. The van der Waals surface area contributed by atoms with Gasteiger partial charge in [0.05, 0.1) is 4.90 Å². The van der Waals surface area contributed by atoms with E-state index in [9.17, 15) is 8.42 Å². The van der Waals surface area contributed by atoms with Crippen LogP contribution in [0.5, 0.6) is 0 Å². The zero-order chi connectivity index (χ0) is 19.0. The van der Waals surface area contributed by atoms with E-state index in [0.717, 1.165) is 24.2 Å². The fourth-order valence-electron chi connectivity index (χ4n) is 3.29. The summed E-state index contributed by atoms with van der Waals surface area (Å²) in [6.45, 7) is 4.47. The van der Waals surface area contributed by atoms with Gasteiger partial charge >= 0.3 is 0 Å². The van der Waals surface area contributed by atoms with Crippen LogP contribution in [0.4, 0.5) is 17.3 Å². The standard InChI is InChI=1S/C20H20N4O2S/c1-14-7-8-15(2)18(13-14)27(25,26)23-19-9-10-20(22-21-19)24-12-11-16-5-3-4-6-17(16)24/h3-10,13H,11-12H2,1-2H3,(H,21,23). The third-order valence-corrected chi connectivity index (χ3v) is 6.18. The molecule has 7 heteroatoms. The molecule has 0 aliphatic carbocycles. The molecular weight excluding hydrogens is 360 g/mol. The predicted octanol–water partition coefficient (Wildman–Crippen LogP) is 3.59. The zero-order valence-corrected chi connectivity index (χ0v) is 16.0. The van der Waals surface area contributed by atoms with Crippen molar-refractivity contribution in [3.8, 4) is 0 Å². The predicted molar refractivity (Wildman–Crippen MR) is 106 cm³/mol. The van der Waals surface area contributed by atoms with Crippen molar-refractivity contribution >= 4 is 27.3 Å². The van der Waals surface area contributed by atoms with Crippen molar-refractivity contribution in [2.45, 2.75) is 25.2 Å². The summed E-state index contributed by atoms with van der Waals surface area (Å²) < 4.78 is 27.9. The second-order valence-electron chi connectivity index (χ2n) is 6.68. The minimum absolute atomic E-state index is 0.201. The molecule has 1 aliphatic rings. The molecule has 2 heterocycles. The van der Waals surface area contributed by atoms with Gasteiger partial charge in [0.2, 0.25) is 0 Å². The highest BCUT2D eigenvalue weighted by Crippen LogP contribution is 2.33. The molecule has 138 valence electrons. The van der Waals surface area contributed by atoms with Crippen LogP contribution in [0.15, 0.2) is 59.5 Å². The molecule has 0 fully saturated rings. The van der Waals surface area contributed by atoms with E-state index < -0.39 is 10.0 Å². The smallest absolute Gasteiger partial charge is 0.263 e. The highest BCUT2D eigenvalue weighted by molar-refractivity contribution is 7.92. The lowest BCUT2D eigenvalue weighted by atomic mass is 10.2. The van der Waals surface area contributed by atoms with Crippen molar-refractivity contribution in [1.82, 2.24) is 10.2 Å². The van der Waals surface area contributed by atoms with Gasteiger partial charge in [0, 0.05) is 12.2 Å². The lowest BCUT2D eigenvalue weighted by Crippen LogP contribution is -2.18. The number of fused-ring (bicyclic) bond motifs is 1. The normalized spacial score (nSPS) is 13.5. The topological polar surface area (TPSA) is 75.2 Å². The van der Waals surface area contributed by atoms with Gasteiger partial charge in [-0.1, -0.05) is 30.3 Å². The molecule has 0 atom stereocenters. The molecule has 0 spiro atoms. The maximum atomic E-state index is 12.7. The van der Waals surface area contributed by atoms with Crippen molar-refractivity contribution in [2.75, 3.05) is 16.2 Å². The van der Waals surface area contributed by atoms with Crippen LogP contribution in [0, 0.1) is 13.8 Å². The van der Waals surface area contributed by atoms with Crippen LogP contribution < -0.4 is 9.62 Å². The van der Waals surface area contributed by atoms with Crippen LogP contribution in [0.1, 0.15) is 16.7 Å². The molecule has 0 saturated heterocycles. The van der Waals surface area contributed by atoms with E-state index in [1.54, 1.807) is 31.2 Å². The maximum absolute atomic E-state index is 12.7. The van der Waals surface area contributed by atoms with Gasteiger partial charge in [-0.05, 0) is 61.2 Å². The fraction of sp³-hybridized carbons (Fsp3) is 0.200. The Morgan fingerprint density at radius 2 is 1.81 bits per heavy atom. The first-order valence-electron chi connectivity index (χ1n) is 8.73. The minimum atomic E-state index is -3.71. The van der Waals surface area contributed by atoms with Gasteiger partial charge in [-0.2, -0.15) is 0 Å². The number of nitrogens with zero attached hydrogens (tertiary/aromatic N) is 3. The average molecular weight is 380 g/mol. The highest BCUT2D eigenvalue weighted by Gasteiger charge is 2.22. The van der Waals surface area contributed by atoms with Gasteiger partial charge in [0.1, 0.15) is 0 Å². The number of aryl methyl sites for hydroxylation is 2. The Balaban J connectivity index is 1.57. The first-order valence-corrected chi connectivity index (χ1v) is 10.2. The number of nitrogens with one attached hydrogen (secondary N) is 1. The van der Waals surface area contributed by atoms with Crippen molar-refractivity contribution in [3.05, 3.63) is 71.3 Å². The first-order chi connectivity index (χ1) is 12.9. The van der Waals surface area contributed by atoms with E-state index in [1.807, 2.05) is 25.1 Å². The maximum Gasteiger partial charge on any atom is 0.263 e. The van der Waals surface area contributed by atoms with E-state index in [0.29, 0.717) is 11.4 Å². The molecule has 0 radical (unpaired) electrons. The summed E-state index contributed by atoms with van der Waals surface area (Å²) in [6.07, 6.45) is 0.957. The number of para-hydroxylation sites is 1. The quantitative estimate of drug-likeness (QED) is 0.749. The molecule has 1 aromatic heterocycles. The third kappa shape index (κ3) is 3.38. The van der Waals surface area contributed by atoms with E-state index in [1.165, 1.54) is 5.56 Å². The summed E-state index contributed by atoms with van der Waals surface area (Å²) in [7, 11) is -3.71. The van der Waals surface area contributed by atoms with Crippen molar-refractivity contribution in [1.29, 1.82) is 0 Å². The van der Waals surface area contributed by atoms with Crippen molar-refractivity contribution < 1.29 is 8.42 Å². The second kappa shape index (κ2) is 6.66. The Bertz CT molecular complexity index is 1100. The Morgan fingerprint density at radius 1 is 1.00 bits per heavy atom. The Labute approximate surface area is 158 Å². The molecular formula is C20H20N4O2S. The van der Waals surface area contributed by atoms with E-state index in [4.69, 9.17) is 0 Å². The van der Waals surface area contributed by atoms with Crippen LogP contribution >= 0.6 is 0 Å². The molecule has 3 aromatic rings. The minimum Gasteiger partial charge on any atom is -0.324 e. The van der Waals surface area contributed by atoms with Crippen molar-refractivity contribution in [3.63, 3.8) is 0 Å². The fourth-order valence-corrected chi connectivity index (χ4v) is 4.62. The monoisotopic (exact) mass is 380 g/mol. The van der Waals surface area contributed by atoms with Gasteiger partial charge in [-0.3, -0.25) is 4.72 Å². The largest absolute Gasteiger partial charge is 0.324 e. The van der Waals surface area contributed by atoms with Gasteiger partial charge < -0.3 is 4.90 Å². The molecule has 6 nitrogen and oxygen atoms in total. The van der Waals surface area contributed by atoms with Crippen LogP contribution in [0.25, 0.3) is 0 Å². The summed E-state index contributed by atoms with van der Waals surface area (Å²) in [4.78, 5) is 2.34. The van der Waals surface area contributed by atoms with Gasteiger partial charge in [0.25, 0.3) is 10.0 Å². The molecule has 1 N–H and O–H groups in total. The van der Waals surface area contributed by atoms with Crippen molar-refractivity contribution in [2.24, 2.45) is 0 Å². The molecule has 27 heavy (non-hydrogen) atoms. The first kappa shape index (κ1) is 17.5. The number of hydrogen-bond donors (Lipinski definition) is 1. The van der Waals surface area contributed by atoms with E-state index in [-0.39, 0.29) is 10.7 Å². The van der Waals surface area contributed by atoms with Gasteiger partial charge in [-0.15, -0.1) is 10.2 Å². The van der Waals surface area contributed by atoms with Gasteiger partial charge in [0.15, 0.2) is 11.6 Å². The van der Waals surface area contributed by atoms with E-state index in [2.05, 4.69) is 32.0 Å². The molecule has 1 aliphatic heterocycles. The highest BCUT2D eigenvalue weighted by atomic mass is 32.2. The lowest BCUT2D eigenvalue weighted by molar-refractivity contribution is 0.600. The zero-order valence-electron chi connectivity index (χ0n) is 15.2. The molecule has 4 rings (SSSR count). The molecule has 0 amide bonds. The van der Waals surface area contributed by atoms with Gasteiger partial charge in [-0.25, -0.2) is 8.42 Å². The SMILES string of the molecule is Cc1ccc(C)c(S(=O)(=O)Nc2ccc(N3CCc4ccccc43)nn2)c1. The van der Waals surface area contributed by atoms with E-state index >= 15 is 0 Å². The molecule has 0 unspecified atom stereocenters. The molecule has 0 bridgehead atoms. The van der Waals surface area contributed by atoms with Crippen LogP contribution in [-0.2, 0) is 16.4 Å². The Kier molecular flexibility index (Phi) is 4.31. The van der Waals surface area contributed by atoms with Crippen LogP contribution in [0.2, 0.25) is 0 Å². The molecule has 0 saturated carbocycles. The lowest BCUT2D eigenvalue weighted by Gasteiger charge is -2.18. The number of sulfonamides is 1. The third-order valence-electron chi connectivity index (χ3n) is 4.69. The van der Waals surface area contributed by atoms with Crippen LogP contribution in [-0.4, -0.2) is 25.2 Å². The summed E-state index contributed by atoms with van der Waals surface area (Å²) in [5.74, 6) is 0.904. The number of hydrogen-bond acceptors (Lipinski definition) is 5.